The number of aryl methyl sites for hydroxylation is 1. The molecule has 2 nitrogen and oxygen atoms in total. The number of aromatic nitrogens is 1. The first-order valence-electron chi connectivity index (χ1n) is 7.61. The highest BCUT2D eigenvalue weighted by molar-refractivity contribution is 5.98. The Morgan fingerprint density at radius 3 is 2.91 bits per heavy atom. The first kappa shape index (κ1) is 13.1. The summed E-state index contributed by atoms with van der Waals surface area (Å²) in [7, 11) is 0. The van der Waals surface area contributed by atoms with Gasteiger partial charge < -0.3 is 4.42 Å². The predicted molar refractivity (Wildman–Crippen MR) is 90.4 cm³/mol. The quantitative estimate of drug-likeness (QED) is 0.631. The molecule has 2 heteroatoms. The SMILES string of the molecule is Cc1cccc(C2=C(c3ccc4ncoc4c3)C=CCC2)c1. The maximum atomic E-state index is 5.45. The van der Waals surface area contributed by atoms with Crippen molar-refractivity contribution in [2.75, 3.05) is 0 Å². The van der Waals surface area contributed by atoms with Gasteiger partial charge in [-0.3, -0.25) is 0 Å². The highest BCUT2D eigenvalue weighted by Crippen LogP contribution is 2.35. The molecule has 0 saturated heterocycles. The van der Waals surface area contributed by atoms with Crippen LogP contribution >= 0.6 is 0 Å². The van der Waals surface area contributed by atoms with Crippen LogP contribution in [0.25, 0.3) is 22.2 Å². The van der Waals surface area contributed by atoms with Crippen molar-refractivity contribution in [2.24, 2.45) is 0 Å². The van der Waals surface area contributed by atoms with E-state index in [0.29, 0.717) is 0 Å². The van der Waals surface area contributed by atoms with Gasteiger partial charge in [0.1, 0.15) is 5.52 Å². The van der Waals surface area contributed by atoms with E-state index in [2.05, 4.69) is 60.5 Å². The van der Waals surface area contributed by atoms with Gasteiger partial charge in [-0.2, -0.15) is 0 Å². The molecule has 108 valence electrons. The highest BCUT2D eigenvalue weighted by atomic mass is 16.3. The van der Waals surface area contributed by atoms with Crippen molar-refractivity contribution in [1.82, 2.24) is 4.98 Å². The van der Waals surface area contributed by atoms with Gasteiger partial charge in [-0.1, -0.05) is 48.0 Å². The summed E-state index contributed by atoms with van der Waals surface area (Å²) in [5.41, 5.74) is 8.24. The van der Waals surface area contributed by atoms with E-state index in [1.807, 2.05) is 6.07 Å². The Morgan fingerprint density at radius 1 is 1.05 bits per heavy atom. The number of hydrogen-bond acceptors (Lipinski definition) is 2. The zero-order valence-corrected chi connectivity index (χ0v) is 12.5. The third-order valence-corrected chi connectivity index (χ3v) is 4.18. The number of benzene rings is 2. The van der Waals surface area contributed by atoms with Gasteiger partial charge in [0.05, 0.1) is 0 Å². The molecule has 0 bridgehead atoms. The molecular formula is C20H17NO. The minimum absolute atomic E-state index is 0.840. The van der Waals surface area contributed by atoms with Gasteiger partial charge in [0, 0.05) is 0 Å². The smallest absolute Gasteiger partial charge is 0.181 e. The van der Waals surface area contributed by atoms with E-state index in [0.717, 1.165) is 23.9 Å². The number of oxazole rings is 1. The molecular weight excluding hydrogens is 270 g/mol. The van der Waals surface area contributed by atoms with Crippen molar-refractivity contribution < 1.29 is 4.42 Å². The molecule has 2 aromatic carbocycles. The van der Waals surface area contributed by atoms with Crippen molar-refractivity contribution in [3.8, 4) is 0 Å². The first-order valence-corrected chi connectivity index (χ1v) is 7.61. The Morgan fingerprint density at radius 2 is 2.00 bits per heavy atom. The van der Waals surface area contributed by atoms with E-state index in [-0.39, 0.29) is 0 Å². The number of allylic oxidation sites excluding steroid dienone is 4. The molecule has 0 aliphatic heterocycles. The van der Waals surface area contributed by atoms with Crippen LogP contribution in [0.2, 0.25) is 0 Å². The molecule has 0 amide bonds. The van der Waals surface area contributed by atoms with Crippen molar-refractivity contribution >= 4 is 22.2 Å². The third-order valence-electron chi connectivity index (χ3n) is 4.18. The summed E-state index contributed by atoms with van der Waals surface area (Å²) in [5, 5.41) is 0. The Labute approximate surface area is 129 Å². The zero-order valence-electron chi connectivity index (χ0n) is 12.5. The molecule has 0 radical (unpaired) electrons. The third kappa shape index (κ3) is 2.27. The van der Waals surface area contributed by atoms with Gasteiger partial charge in [0.25, 0.3) is 0 Å². The Kier molecular flexibility index (Phi) is 3.15. The molecule has 1 aliphatic carbocycles. The van der Waals surface area contributed by atoms with Gasteiger partial charge >= 0.3 is 0 Å². The molecule has 0 fully saturated rings. The van der Waals surface area contributed by atoms with E-state index >= 15 is 0 Å². The Bertz CT molecular complexity index is 899. The van der Waals surface area contributed by atoms with Crippen molar-refractivity contribution in [3.05, 3.63) is 77.7 Å². The standard InChI is InChI=1S/C20H17NO/c1-14-5-4-6-15(11-14)17-7-2-3-8-18(17)16-9-10-19-20(12-16)22-13-21-19/h3-6,8-13H,2,7H2,1H3. The minimum Gasteiger partial charge on any atom is -0.443 e. The lowest BCUT2D eigenvalue weighted by molar-refractivity contribution is 0.602. The van der Waals surface area contributed by atoms with Crippen LogP contribution in [0.3, 0.4) is 0 Å². The van der Waals surface area contributed by atoms with Gasteiger partial charge in [-0.05, 0) is 54.2 Å². The van der Waals surface area contributed by atoms with Crippen LogP contribution in [0.4, 0.5) is 0 Å². The molecule has 3 aromatic rings. The molecule has 0 spiro atoms. The summed E-state index contributed by atoms with van der Waals surface area (Å²) in [5.74, 6) is 0. The predicted octanol–water partition coefficient (Wildman–Crippen LogP) is 5.40. The van der Waals surface area contributed by atoms with Gasteiger partial charge in [-0.25, -0.2) is 4.98 Å². The normalized spacial score (nSPS) is 14.8. The maximum Gasteiger partial charge on any atom is 0.181 e. The van der Waals surface area contributed by atoms with Crippen molar-refractivity contribution in [1.29, 1.82) is 0 Å². The first-order chi connectivity index (χ1) is 10.8. The number of rotatable bonds is 2. The van der Waals surface area contributed by atoms with Crippen LogP contribution < -0.4 is 0 Å². The van der Waals surface area contributed by atoms with Crippen LogP contribution in [0.1, 0.15) is 29.5 Å². The average molecular weight is 287 g/mol. The number of nitrogens with zero attached hydrogens (tertiary/aromatic N) is 1. The van der Waals surface area contributed by atoms with E-state index in [1.165, 1.54) is 34.2 Å². The number of fused-ring (bicyclic) bond motifs is 1. The second-order valence-electron chi connectivity index (χ2n) is 5.74. The summed E-state index contributed by atoms with van der Waals surface area (Å²) in [6.07, 6.45) is 8.15. The fourth-order valence-corrected chi connectivity index (χ4v) is 3.09. The van der Waals surface area contributed by atoms with Crippen LogP contribution in [-0.4, -0.2) is 4.98 Å². The van der Waals surface area contributed by atoms with Gasteiger partial charge in [0.15, 0.2) is 12.0 Å². The second-order valence-corrected chi connectivity index (χ2v) is 5.74. The average Bonchev–Trinajstić information content (AvgIpc) is 3.02. The maximum absolute atomic E-state index is 5.45. The molecule has 0 unspecified atom stereocenters. The molecule has 4 rings (SSSR count). The summed E-state index contributed by atoms with van der Waals surface area (Å²) >= 11 is 0. The van der Waals surface area contributed by atoms with Crippen molar-refractivity contribution in [3.63, 3.8) is 0 Å². The lowest BCUT2D eigenvalue weighted by atomic mass is 9.87. The van der Waals surface area contributed by atoms with Gasteiger partial charge in [0.2, 0.25) is 0 Å². The molecule has 1 aromatic heterocycles. The highest BCUT2D eigenvalue weighted by Gasteiger charge is 2.13. The summed E-state index contributed by atoms with van der Waals surface area (Å²) in [6, 6.07) is 15.0. The minimum atomic E-state index is 0.840. The lowest BCUT2D eigenvalue weighted by Gasteiger charge is -2.17. The molecule has 1 aliphatic rings. The largest absolute Gasteiger partial charge is 0.443 e. The lowest BCUT2D eigenvalue weighted by Crippen LogP contribution is -1.95. The van der Waals surface area contributed by atoms with E-state index < -0.39 is 0 Å². The van der Waals surface area contributed by atoms with Crippen LogP contribution in [0.5, 0.6) is 0 Å². The molecule has 0 atom stereocenters. The summed E-state index contributed by atoms with van der Waals surface area (Å²) in [4.78, 5) is 4.19. The van der Waals surface area contributed by atoms with Gasteiger partial charge in [-0.15, -0.1) is 0 Å². The Hall–Kier alpha value is -2.61. The molecule has 1 heterocycles. The molecule has 0 saturated carbocycles. The fourth-order valence-electron chi connectivity index (χ4n) is 3.09. The topological polar surface area (TPSA) is 26.0 Å². The van der Waals surface area contributed by atoms with Crippen LogP contribution in [0, 0.1) is 6.92 Å². The van der Waals surface area contributed by atoms with E-state index in [4.69, 9.17) is 4.42 Å². The van der Waals surface area contributed by atoms with Crippen LogP contribution in [0.15, 0.2) is 65.4 Å². The summed E-state index contributed by atoms with van der Waals surface area (Å²) < 4.78 is 5.45. The summed E-state index contributed by atoms with van der Waals surface area (Å²) in [6.45, 7) is 2.14. The fraction of sp³-hybridized carbons (Fsp3) is 0.150. The second kappa shape index (κ2) is 5.30. The molecule has 22 heavy (non-hydrogen) atoms. The molecule has 0 N–H and O–H groups in total. The zero-order chi connectivity index (χ0) is 14.9. The van der Waals surface area contributed by atoms with E-state index in [9.17, 15) is 0 Å². The number of hydrogen-bond donors (Lipinski definition) is 0. The van der Waals surface area contributed by atoms with E-state index in [1.54, 1.807) is 0 Å². The van der Waals surface area contributed by atoms with Crippen molar-refractivity contribution in [2.45, 2.75) is 19.8 Å². The Balaban J connectivity index is 1.90. The monoisotopic (exact) mass is 287 g/mol. The van der Waals surface area contributed by atoms with Crippen LogP contribution in [-0.2, 0) is 0 Å².